The number of piperazine rings is 1. The van der Waals surface area contributed by atoms with E-state index in [9.17, 15) is 9.59 Å². The Labute approximate surface area is 203 Å². The topological polar surface area (TPSA) is 43.9 Å². The van der Waals surface area contributed by atoms with Gasteiger partial charge in [0.1, 0.15) is 6.42 Å². The second-order valence-electron chi connectivity index (χ2n) is 9.83. The van der Waals surface area contributed by atoms with Crippen LogP contribution in [0.3, 0.4) is 0 Å². The van der Waals surface area contributed by atoms with Crippen molar-refractivity contribution in [1.82, 2.24) is 14.7 Å². The van der Waals surface area contributed by atoms with Crippen molar-refractivity contribution in [2.75, 3.05) is 39.3 Å². The van der Waals surface area contributed by atoms with E-state index in [4.69, 9.17) is 0 Å². The standard InChI is InChI=1S/C29H35N3O2/c33-27(21-28(34)32-16-15-23-9-7-8-14-26(23)22-32)30-17-19-31(20-18-30)29(24-10-3-1-4-11-24)25-12-5-2-6-13-25/h1-6,10-14,23,29H,7-9,15-22H2. The fourth-order valence-electron chi connectivity index (χ4n) is 5.82. The SMILES string of the molecule is O=C(CC(=O)N1CCC2CCCC=C2C1)N1CCN(C(c2ccccc2)c2ccccc2)CC1. The minimum Gasteiger partial charge on any atom is -0.340 e. The molecule has 5 nitrogen and oxygen atoms in total. The van der Waals surface area contributed by atoms with Crippen molar-refractivity contribution >= 4 is 11.8 Å². The molecule has 1 unspecified atom stereocenters. The molecule has 0 aromatic heterocycles. The lowest BCUT2D eigenvalue weighted by Crippen LogP contribution is -2.51. The average molecular weight is 458 g/mol. The summed E-state index contributed by atoms with van der Waals surface area (Å²) in [7, 11) is 0. The third-order valence-electron chi connectivity index (χ3n) is 7.73. The van der Waals surface area contributed by atoms with Crippen molar-refractivity contribution in [1.29, 1.82) is 0 Å². The van der Waals surface area contributed by atoms with Gasteiger partial charge in [-0.15, -0.1) is 0 Å². The van der Waals surface area contributed by atoms with Crippen molar-refractivity contribution in [3.63, 3.8) is 0 Å². The summed E-state index contributed by atoms with van der Waals surface area (Å²) in [6.45, 7) is 4.43. The maximum atomic E-state index is 13.0. The van der Waals surface area contributed by atoms with Gasteiger partial charge in [-0.25, -0.2) is 0 Å². The summed E-state index contributed by atoms with van der Waals surface area (Å²) < 4.78 is 0. The zero-order valence-corrected chi connectivity index (χ0v) is 19.9. The van der Waals surface area contributed by atoms with E-state index in [1.165, 1.54) is 29.5 Å². The minimum absolute atomic E-state index is 0.00124. The van der Waals surface area contributed by atoms with Gasteiger partial charge in [0.05, 0.1) is 6.04 Å². The molecular formula is C29H35N3O2. The smallest absolute Gasteiger partial charge is 0.232 e. The Morgan fingerprint density at radius 3 is 2.03 bits per heavy atom. The largest absolute Gasteiger partial charge is 0.340 e. The van der Waals surface area contributed by atoms with E-state index in [0.29, 0.717) is 19.0 Å². The molecule has 0 N–H and O–H groups in total. The van der Waals surface area contributed by atoms with E-state index in [-0.39, 0.29) is 24.3 Å². The van der Waals surface area contributed by atoms with Crippen LogP contribution in [-0.2, 0) is 9.59 Å². The van der Waals surface area contributed by atoms with E-state index >= 15 is 0 Å². The summed E-state index contributed by atoms with van der Waals surface area (Å²) in [5.74, 6) is 0.618. The maximum Gasteiger partial charge on any atom is 0.232 e. The number of likely N-dealkylation sites (tertiary alicyclic amines) is 1. The molecule has 0 saturated carbocycles. The molecule has 2 aromatic carbocycles. The van der Waals surface area contributed by atoms with E-state index in [1.54, 1.807) is 0 Å². The summed E-state index contributed by atoms with van der Waals surface area (Å²) in [5.41, 5.74) is 3.95. The highest BCUT2D eigenvalue weighted by Gasteiger charge is 2.32. The number of benzene rings is 2. The Morgan fingerprint density at radius 1 is 0.765 bits per heavy atom. The number of allylic oxidation sites excluding steroid dienone is 1. The van der Waals surface area contributed by atoms with Gasteiger partial charge in [-0.05, 0) is 42.7 Å². The first-order valence-electron chi connectivity index (χ1n) is 12.8. The number of piperidine rings is 1. The predicted octanol–water partition coefficient (Wildman–Crippen LogP) is 4.27. The fraction of sp³-hybridized carbons (Fsp3) is 0.448. The highest BCUT2D eigenvalue weighted by molar-refractivity contribution is 5.97. The number of carbonyl (C=O) groups excluding carboxylic acids is 2. The van der Waals surface area contributed by atoms with Gasteiger partial charge in [0.2, 0.25) is 11.8 Å². The fourth-order valence-corrected chi connectivity index (χ4v) is 5.82. The molecule has 2 amide bonds. The molecule has 2 fully saturated rings. The van der Waals surface area contributed by atoms with Gasteiger partial charge in [-0.3, -0.25) is 14.5 Å². The molecule has 1 aliphatic carbocycles. The van der Waals surface area contributed by atoms with Gasteiger partial charge in [-0.2, -0.15) is 0 Å². The Kier molecular flexibility index (Phi) is 7.10. The summed E-state index contributed by atoms with van der Waals surface area (Å²) in [6, 6.07) is 21.3. The molecule has 5 rings (SSSR count). The van der Waals surface area contributed by atoms with Gasteiger partial charge in [-0.1, -0.05) is 72.3 Å². The molecule has 3 aliphatic rings. The Bertz CT molecular complexity index is 973. The number of rotatable bonds is 5. The van der Waals surface area contributed by atoms with Crippen LogP contribution in [0.15, 0.2) is 72.3 Å². The van der Waals surface area contributed by atoms with Crippen LogP contribution in [0.5, 0.6) is 0 Å². The van der Waals surface area contributed by atoms with Crippen LogP contribution >= 0.6 is 0 Å². The number of nitrogens with zero attached hydrogens (tertiary/aromatic N) is 3. The minimum atomic E-state index is -0.0274. The maximum absolute atomic E-state index is 13.0. The molecule has 0 radical (unpaired) electrons. The summed E-state index contributed by atoms with van der Waals surface area (Å²) in [5, 5.41) is 0. The first-order chi connectivity index (χ1) is 16.7. The molecule has 5 heteroatoms. The summed E-state index contributed by atoms with van der Waals surface area (Å²) in [4.78, 5) is 32.1. The van der Waals surface area contributed by atoms with Crippen molar-refractivity contribution < 1.29 is 9.59 Å². The molecule has 34 heavy (non-hydrogen) atoms. The lowest BCUT2D eigenvalue weighted by Gasteiger charge is -2.40. The number of amides is 2. The molecule has 2 saturated heterocycles. The zero-order valence-electron chi connectivity index (χ0n) is 19.9. The molecule has 2 aromatic rings. The summed E-state index contributed by atoms with van der Waals surface area (Å²) in [6.07, 6.45) is 7.02. The van der Waals surface area contributed by atoms with E-state index < -0.39 is 0 Å². The molecule has 2 heterocycles. The van der Waals surface area contributed by atoms with Crippen LogP contribution in [-0.4, -0.2) is 65.8 Å². The van der Waals surface area contributed by atoms with Gasteiger partial charge >= 0.3 is 0 Å². The second-order valence-corrected chi connectivity index (χ2v) is 9.83. The zero-order chi connectivity index (χ0) is 23.3. The van der Waals surface area contributed by atoms with Gasteiger partial charge in [0.25, 0.3) is 0 Å². The Hall–Kier alpha value is -2.92. The molecule has 178 valence electrons. The normalized spacial score (nSPS) is 21.2. The third-order valence-corrected chi connectivity index (χ3v) is 7.73. The first kappa shape index (κ1) is 22.9. The quantitative estimate of drug-likeness (QED) is 0.498. The molecule has 0 spiro atoms. The van der Waals surface area contributed by atoms with Crippen molar-refractivity contribution in [2.24, 2.45) is 5.92 Å². The van der Waals surface area contributed by atoms with Crippen molar-refractivity contribution in [3.8, 4) is 0 Å². The Morgan fingerprint density at radius 2 is 1.38 bits per heavy atom. The molecule has 2 aliphatic heterocycles. The molecule has 0 bridgehead atoms. The molecular weight excluding hydrogens is 422 g/mol. The number of carbonyl (C=O) groups is 2. The highest BCUT2D eigenvalue weighted by atomic mass is 16.2. The molecule has 1 atom stereocenters. The highest BCUT2D eigenvalue weighted by Crippen LogP contribution is 2.32. The van der Waals surface area contributed by atoms with Crippen LogP contribution in [0.2, 0.25) is 0 Å². The summed E-state index contributed by atoms with van der Waals surface area (Å²) >= 11 is 0. The first-order valence-corrected chi connectivity index (χ1v) is 12.8. The van der Waals surface area contributed by atoms with Crippen LogP contribution in [0.1, 0.15) is 49.3 Å². The van der Waals surface area contributed by atoms with Crippen LogP contribution in [0.4, 0.5) is 0 Å². The number of hydrogen-bond acceptors (Lipinski definition) is 3. The van der Waals surface area contributed by atoms with Crippen molar-refractivity contribution in [3.05, 3.63) is 83.4 Å². The number of hydrogen-bond donors (Lipinski definition) is 0. The van der Waals surface area contributed by atoms with Crippen LogP contribution in [0, 0.1) is 5.92 Å². The van der Waals surface area contributed by atoms with E-state index in [1.807, 2.05) is 21.9 Å². The van der Waals surface area contributed by atoms with Gasteiger partial charge < -0.3 is 9.80 Å². The van der Waals surface area contributed by atoms with Crippen LogP contribution < -0.4 is 0 Å². The lowest BCUT2D eigenvalue weighted by atomic mass is 9.82. The van der Waals surface area contributed by atoms with Crippen LogP contribution in [0.25, 0.3) is 0 Å². The van der Waals surface area contributed by atoms with Crippen molar-refractivity contribution in [2.45, 2.75) is 38.1 Å². The monoisotopic (exact) mass is 457 g/mol. The number of fused-ring (bicyclic) bond motifs is 1. The lowest BCUT2D eigenvalue weighted by molar-refractivity contribution is -0.142. The average Bonchev–Trinajstić information content (AvgIpc) is 2.90. The Balaban J connectivity index is 1.18. The third kappa shape index (κ3) is 5.10. The van der Waals surface area contributed by atoms with E-state index in [2.05, 4.69) is 59.5 Å². The predicted molar refractivity (Wildman–Crippen MR) is 134 cm³/mol. The van der Waals surface area contributed by atoms with Gasteiger partial charge in [0.15, 0.2) is 0 Å². The second kappa shape index (κ2) is 10.6. The van der Waals surface area contributed by atoms with E-state index in [0.717, 1.165) is 39.0 Å². The van der Waals surface area contributed by atoms with Gasteiger partial charge in [0, 0.05) is 39.3 Å².